The van der Waals surface area contributed by atoms with Crippen LogP contribution in [0.2, 0.25) is 0 Å². The molecule has 2 aromatic rings. The van der Waals surface area contributed by atoms with E-state index in [1.807, 2.05) is 12.3 Å². The summed E-state index contributed by atoms with van der Waals surface area (Å²) in [6, 6.07) is 11.5. The molecule has 1 atom stereocenters. The van der Waals surface area contributed by atoms with Crippen molar-refractivity contribution < 1.29 is 4.42 Å². The standard InChI is InChI=1S/C19H25NO/c1-2-20-19(18-12-13-21-14-18)17-10-8-16(9-11-17)15-6-4-3-5-7-15/h8-15,19-20H,2-7H2,1H3. The minimum atomic E-state index is 0.231. The second-order valence-corrected chi connectivity index (χ2v) is 6.05. The van der Waals surface area contributed by atoms with Gasteiger partial charge in [0.15, 0.2) is 0 Å². The molecule has 2 nitrogen and oxygen atoms in total. The monoisotopic (exact) mass is 283 g/mol. The van der Waals surface area contributed by atoms with E-state index in [1.165, 1.54) is 48.8 Å². The van der Waals surface area contributed by atoms with Gasteiger partial charge in [0.05, 0.1) is 18.6 Å². The fraction of sp³-hybridized carbons (Fsp3) is 0.474. The van der Waals surface area contributed by atoms with Gasteiger partial charge in [0.2, 0.25) is 0 Å². The Morgan fingerprint density at radius 2 is 1.81 bits per heavy atom. The Labute approximate surface area is 127 Å². The van der Waals surface area contributed by atoms with Crippen molar-refractivity contribution in [1.82, 2.24) is 5.32 Å². The zero-order valence-corrected chi connectivity index (χ0v) is 12.8. The van der Waals surface area contributed by atoms with Crippen LogP contribution in [0.15, 0.2) is 47.3 Å². The van der Waals surface area contributed by atoms with E-state index in [2.05, 4.69) is 36.5 Å². The fourth-order valence-corrected chi connectivity index (χ4v) is 3.47. The molecule has 1 aliphatic rings. The van der Waals surface area contributed by atoms with Gasteiger partial charge in [-0.05, 0) is 42.5 Å². The van der Waals surface area contributed by atoms with Crippen molar-refractivity contribution in [3.05, 3.63) is 59.5 Å². The highest BCUT2D eigenvalue weighted by atomic mass is 16.3. The Kier molecular flexibility index (Phi) is 4.76. The number of benzene rings is 1. The molecule has 0 amide bonds. The third kappa shape index (κ3) is 3.38. The van der Waals surface area contributed by atoms with Crippen LogP contribution in [-0.4, -0.2) is 6.54 Å². The summed E-state index contributed by atoms with van der Waals surface area (Å²) in [6.45, 7) is 3.09. The van der Waals surface area contributed by atoms with Gasteiger partial charge in [0, 0.05) is 5.56 Å². The molecule has 21 heavy (non-hydrogen) atoms. The van der Waals surface area contributed by atoms with Gasteiger partial charge in [-0.2, -0.15) is 0 Å². The lowest BCUT2D eigenvalue weighted by molar-refractivity contribution is 0.443. The zero-order chi connectivity index (χ0) is 14.5. The third-order valence-electron chi connectivity index (χ3n) is 4.63. The number of furan rings is 1. The molecular formula is C19H25NO. The van der Waals surface area contributed by atoms with Crippen LogP contribution < -0.4 is 5.32 Å². The van der Waals surface area contributed by atoms with E-state index in [4.69, 9.17) is 4.42 Å². The zero-order valence-electron chi connectivity index (χ0n) is 12.8. The maximum atomic E-state index is 5.24. The first-order chi connectivity index (χ1) is 10.4. The molecule has 0 spiro atoms. The molecule has 0 radical (unpaired) electrons. The van der Waals surface area contributed by atoms with Gasteiger partial charge < -0.3 is 9.73 Å². The Morgan fingerprint density at radius 3 is 2.43 bits per heavy atom. The van der Waals surface area contributed by atoms with Crippen molar-refractivity contribution in [2.45, 2.75) is 51.0 Å². The summed E-state index contributed by atoms with van der Waals surface area (Å²) in [5, 5.41) is 3.54. The normalized spacial score (nSPS) is 17.8. The van der Waals surface area contributed by atoms with Crippen molar-refractivity contribution >= 4 is 0 Å². The Morgan fingerprint density at radius 1 is 1.05 bits per heavy atom. The molecule has 1 unspecified atom stereocenters. The largest absolute Gasteiger partial charge is 0.472 e. The first-order valence-electron chi connectivity index (χ1n) is 8.24. The van der Waals surface area contributed by atoms with Crippen LogP contribution in [0.5, 0.6) is 0 Å². The summed E-state index contributed by atoms with van der Waals surface area (Å²) < 4.78 is 5.24. The highest BCUT2D eigenvalue weighted by Gasteiger charge is 2.17. The van der Waals surface area contributed by atoms with Gasteiger partial charge in [-0.1, -0.05) is 50.5 Å². The SMILES string of the molecule is CCNC(c1ccc(C2CCCCC2)cc1)c1ccoc1. The molecule has 0 bridgehead atoms. The summed E-state index contributed by atoms with van der Waals surface area (Å²) in [7, 11) is 0. The fourth-order valence-electron chi connectivity index (χ4n) is 3.47. The molecule has 0 aliphatic heterocycles. The quantitative estimate of drug-likeness (QED) is 0.833. The topological polar surface area (TPSA) is 25.2 Å². The Bertz CT molecular complexity index is 523. The third-order valence-corrected chi connectivity index (χ3v) is 4.63. The minimum absolute atomic E-state index is 0.231. The smallest absolute Gasteiger partial charge is 0.0953 e. The molecule has 1 aromatic heterocycles. The number of hydrogen-bond acceptors (Lipinski definition) is 2. The van der Waals surface area contributed by atoms with Crippen LogP contribution in [0.1, 0.15) is 67.7 Å². The van der Waals surface area contributed by atoms with Crippen LogP contribution in [0.25, 0.3) is 0 Å². The van der Waals surface area contributed by atoms with E-state index in [9.17, 15) is 0 Å². The summed E-state index contributed by atoms with van der Waals surface area (Å²) in [6.07, 6.45) is 10.5. The molecule has 1 aromatic carbocycles. The maximum absolute atomic E-state index is 5.24. The first kappa shape index (κ1) is 14.4. The summed E-state index contributed by atoms with van der Waals surface area (Å²) >= 11 is 0. The Hall–Kier alpha value is -1.54. The van der Waals surface area contributed by atoms with Gasteiger partial charge in [-0.3, -0.25) is 0 Å². The van der Waals surface area contributed by atoms with Crippen LogP contribution in [0.3, 0.4) is 0 Å². The van der Waals surface area contributed by atoms with E-state index in [0.29, 0.717) is 0 Å². The van der Waals surface area contributed by atoms with Gasteiger partial charge in [-0.25, -0.2) is 0 Å². The molecule has 1 aliphatic carbocycles. The molecule has 1 heterocycles. The highest BCUT2D eigenvalue weighted by molar-refractivity contribution is 5.33. The van der Waals surface area contributed by atoms with Gasteiger partial charge in [-0.15, -0.1) is 0 Å². The lowest BCUT2D eigenvalue weighted by Gasteiger charge is -2.23. The molecule has 1 N–H and O–H groups in total. The van der Waals surface area contributed by atoms with Crippen LogP contribution in [0.4, 0.5) is 0 Å². The van der Waals surface area contributed by atoms with E-state index < -0.39 is 0 Å². The predicted octanol–water partition coefficient (Wildman–Crippen LogP) is 5.03. The lowest BCUT2D eigenvalue weighted by atomic mass is 9.83. The van der Waals surface area contributed by atoms with E-state index >= 15 is 0 Å². The van der Waals surface area contributed by atoms with Crippen molar-refractivity contribution in [3.63, 3.8) is 0 Å². The van der Waals surface area contributed by atoms with Crippen LogP contribution in [-0.2, 0) is 0 Å². The molecule has 3 rings (SSSR count). The minimum Gasteiger partial charge on any atom is -0.472 e. The van der Waals surface area contributed by atoms with E-state index in [0.717, 1.165) is 12.5 Å². The summed E-state index contributed by atoms with van der Waals surface area (Å²) in [5.74, 6) is 0.777. The highest BCUT2D eigenvalue weighted by Crippen LogP contribution is 2.33. The summed E-state index contributed by atoms with van der Waals surface area (Å²) in [5.41, 5.74) is 4.03. The maximum Gasteiger partial charge on any atom is 0.0953 e. The van der Waals surface area contributed by atoms with Gasteiger partial charge >= 0.3 is 0 Å². The van der Waals surface area contributed by atoms with E-state index in [-0.39, 0.29) is 6.04 Å². The predicted molar refractivity (Wildman–Crippen MR) is 86.5 cm³/mol. The number of nitrogens with one attached hydrogen (secondary N) is 1. The number of hydrogen-bond donors (Lipinski definition) is 1. The molecular weight excluding hydrogens is 258 g/mol. The molecule has 1 fully saturated rings. The molecule has 112 valence electrons. The number of rotatable bonds is 5. The molecule has 2 heteroatoms. The van der Waals surface area contributed by atoms with Crippen molar-refractivity contribution in [2.24, 2.45) is 0 Å². The second-order valence-electron chi connectivity index (χ2n) is 6.05. The first-order valence-corrected chi connectivity index (χ1v) is 8.24. The summed E-state index contributed by atoms with van der Waals surface area (Å²) in [4.78, 5) is 0. The van der Waals surface area contributed by atoms with Crippen LogP contribution in [0, 0.1) is 0 Å². The van der Waals surface area contributed by atoms with Crippen LogP contribution >= 0.6 is 0 Å². The van der Waals surface area contributed by atoms with Crippen molar-refractivity contribution in [2.75, 3.05) is 6.54 Å². The Balaban J connectivity index is 1.78. The second kappa shape index (κ2) is 6.95. The van der Waals surface area contributed by atoms with Gasteiger partial charge in [0.1, 0.15) is 0 Å². The van der Waals surface area contributed by atoms with Gasteiger partial charge in [0.25, 0.3) is 0 Å². The average molecular weight is 283 g/mol. The van der Waals surface area contributed by atoms with Crippen molar-refractivity contribution in [1.29, 1.82) is 0 Å². The lowest BCUT2D eigenvalue weighted by Crippen LogP contribution is -2.21. The molecule has 1 saturated carbocycles. The molecule has 0 saturated heterocycles. The average Bonchev–Trinajstić information content (AvgIpc) is 3.08. The van der Waals surface area contributed by atoms with Crippen molar-refractivity contribution in [3.8, 4) is 0 Å². The van der Waals surface area contributed by atoms with E-state index in [1.54, 1.807) is 6.26 Å².